The zero-order valence-corrected chi connectivity index (χ0v) is 27.9. The quantitative estimate of drug-likeness (QED) is 0.227. The van der Waals surface area contributed by atoms with Crippen LogP contribution < -0.4 is 7.16 Å². The summed E-state index contributed by atoms with van der Waals surface area (Å²) in [5.41, 5.74) is 8.01. The molecule has 0 heterocycles. The van der Waals surface area contributed by atoms with Crippen LogP contribution in [0.15, 0.2) is 24.3 Å². The summed E-state index contributed by atoms with van der Waals surface area (Å²) in [6.07, 6.45) is 13.1. The van der Waals surface area contributed by atoms with Crippen molar-refractivity contribution in [2.75, 3.05) is 0 Å². The van der Waals surface area contributed by atoms with Crippen LogP contribution in [0.25, 0.3) is 0 Å². The maximum absolute atomic E-state index is 7.05. The summed E-state index contributed by atoms with van der Waals surface area (Å²) in [7, 11) is 7.05. The van der Waals surface area contributed by atoms with Crippen molar-refractivity contribution < 1.29 is 17.1 Å². The molecule has 34 heavy (non-hydrogen) atoms. The molecule has 2 saturated carbocycles. The Bertz CT molecular complexity index is 782. The van der Waals surface area contributed by atoms with Crippen LogP contribution in [0.2, 0.25) is 5.82 Å². The Balaban J connectivity index is 0.000000337. The van der Waals surface area contributed by atoms with Gasteiger partial charge in [0.2, 0.25) is 0 Å². The van der Waals surface area contributed by atoms with Crippen molar-refractivity contribution >= 4 is 63.2 Å². The topological polar surface area (TPSA) is 0 Å². The van der Waals surface area contributed by atoms with E-state index in [4.69, 9.17) is 31.8 Å². The molecule has 0 bridgehead atoms. The third-order valence-electron chi connectivity index (χ3n) is 6.62. The second kappa shape index (κ2) is 16.5. The van der Waals surface area contributed by atoms with Gasteiger partial charge in [0.25, 0.3) is 0 Å². The molecule has 0 N–H and O–H groups in total. The van der Waals surface area contributed by atoms with Crippen LogP contribution in [0.5, 0.6) is 0 Å². The SMILES string of the molecule is Cc1cc(C)[c]([Sn+]([Cl])[c]2c(C)cc(C)cc2C)c(C)c1.ClB(Cl)C1CCCC1.[CH-]1CCCC1.[Fe+2]. The van der Waals surface area contributed by atoms with Crippen LogP contribution in [-0.2, 0) is 17.1 Å². The van der Waals surface area contributed by atoms with E-state index in [-0.39, 0.29) is 22.6 Å². The van der Waals surface area contributed by atoms with Crippen LogP contribution in [-0.4, -0.2) is 24.2 Å². The number of hydrogen-bond acceptors (Lipinski definition) is 0. The predicted octanol–water partition coefficient (Wildman–Crippen LogP) is 8.54. The van der Waals surface area contributed by atoms with Gasteiger partial charge in [-0.25, -0.2) is 0 Å². The van der Waals surface area contributed by atoms with Gasteiger partial charge in [-0.2, -0.15) is 35.8 Å². The molecule has 2 aliphatic rings. The zero-order chi connectivity index (χ0) is 24.5. The van der Waals surface area contributed by atoms with Crippen molar-refractivity contribution in [3.8, 4) is 0 Å². The summed E-state index contributed by atoms with van der Waals surface area (Å²) < 4.78 is 2.91. The molecular weight excluding hydrogens is 628 g/mol. The molecule has 6 heteroatoms. The summed E-state index contributed by atoms with van der Waals surface area (Å²) >= 11 is 9.00. The number of rotatable bonds is 3. The van der Waals surface area contributed by atoms with E-state index in [9.17, 15) is 0 Å². The fourth-order valence-corrected chi connectivity index (χ4v) is 15.1. The predicted molar refractivity (Wildman–Crippen MR) is 155 cm³/mol. The molecule has 0 spiro atoms. The summed E-state index contributed by atoms with van der Waals surface area (Å²) in [4.78, 5) is 0. The van der Waals surface area contributed by atoms with Gasteiger partial charge in [-0.05, 0) is 5.82 Å². The average Bonchev–Trinajstić information content (AvgIpc) is 3.44. The molecule has 0 radical (unpaired) electrons. The van der Waals surface area contributed by atoms with Crippen LogP contribution >= 0.6 is 31.8 Å². The van der Waals surface area contributed by atoms with E-state index >= 15 is 0 Å². The third kappa shape index (κ3) is 10.2. The van der Waals surface area contributed by atoms with Gasteiger partial charge in [0, 0.05) is 0 Å². The smallest absolute Gasteiger partial charge is 0.328 e. The van der Waals surface area contributed by atoms with Crippen LogP contribution in [0, 0.1) is 48.0 Å². The van der Waals surface area contributed by atoms with E-state index < -0.39 is 18.6 Å². The fraction of sp³-hybridized carbons (Fsp3) is 0.536. The van der Waals surface area contributed by atoms with Crippen molar-refractivity contribution in [2.24, 2.45) is 0 Å². The molecule has 0 atom stereocenters. The van der Waals surface area contributed by atoms with Crippen LogP contribution in [0.1, 0.15) is 84.7 Å². The number of halogens is 3. The summed E-state index contributed by atoms with van der Waals surface area (Å²) in [5.74, 6) is 0.596. The maximum Gasteiger partial charge on any atom is 2.00 e. The normalized spacial score (nSPS) is 15.0. The molecule has 0 aromatic heterocycles. The molecule has 2 aromatic rings. The van der Waals surface area contributed by atoms with Gasteiger partial charge in [0.15, 0.2) is 0 Å². The minimum atomic E-state index is -2.30. The van der Waals surface area contributed by atoms with Gasteiger partial charge in [-0.15, -0.1) is 0 Å². The Labute approximate surface area is 241 Å². The first-order valence-corrected chi connectivity index (χ1v) is 19.7. The number of hydrogen-bond donors (Lipinski definition) is 0. The third-order valence-corrected chi connectivity index (χ3v) is 16.9. The molecule has 0 saturated heterocycles. The molecule has 0 nitrogen and oxygen atoms in total. The first-order valence-electron chi connectivity index (χ1n) is 12.4. The molecule has 2 aliphatic carbocycles. The summed E-state index contributed by atoms with van der Waals surface area (Å²) in [5, 5.41) is 0. The minimum Gasteiger partial charge on any atom is -0.328 e. The van der Waals surface area contributed by atoms with E-state index in [2.05, 4.69) is 72.2 Å². The van der Waals surface area contributed by atoms with Gasteiger partial charge in [0.05, 0.1) is 0 Å². The average molecular weight is 668 g/mol. The standard InChI is InChI=1S/2C9H11.C5H9BCl2.C5H9.ClH.Fe.Sn/c2*1-7-4-8(2)6-9(3)5-7;7-6(8)5-3-1-2-4-5;1-2-4-5-3-1;;;/h2*4-5H,1-3H3;5H,1-4H2;1H,2-5H2;1H;;/q;;;-1;;2*+2/p-1. The Morgan fingerprint density at radius 1 is 0.706 bits per heavy atom. The Hall–Kier alpha value is 0.693. The molecular formula is C28H40BCl3FeSn+2. The van der Waals surface area contributed by atoms with Crippen molar-refractivity contribution in [1.29, 1.82) is 0 Å². The monoisotopic (exact) mass is 668 g/mol. The molecule has 0 amide bonds. The Kier molecular flexibility index (Phi) is 15.9. The van der Waals surface area contributed by atoms with Crippen molar-refractivity contribution in [2.45, 2.75) is 98.7 Å². The van der Waals surface area contributed by atoms with Crippen molar-refractivity contribution in [1.82, 2.24) is 0 Å². The van der Waals surface area contributed by atoms with E-state index in [1.807, 2.05) is 0 Å². The maximum atomic E-state index is 7.05. The minimum absolute atomic E-state index is 0. The Morgan fingerprint density at radius 3 is 1.29 bits per heavy atom. The van der Waals surface area contributed by atoms with E-state index in [0.717, 1.165) is 0 Å². The summed E-state index contributed by atoms with van der Waals surface area (Å²) in [6, 6.07) is 9.07. The van der Waals surface area contributed by atoms with E-state index in [1.54, 1.807) is 0 Å². The first-order chi connectivity index (χ1) is 15.6. The number of aryl methyl sites for hydroxylation is 6. The molecule has 186 valence electrons. The molecule has 4 rings (SSSR count). The van der Waals surface area contributed by atoms with Crippen molar-refractivity contribution in [3.63, 3.8) is 0 Å². The largest absolute Gasteiger partial charge is 2.00 e. The number of benzene rings is 2. The Morgan fingerprint density at radius 2 is 1.06 bits per heavy atom. The van der Waals surface area contributed by atoms with Crippen LogP contribution in [0.3, 0.4) is 0 Å². The molecule has 0 unspecified atom stereocenters. The van der Waals surface area contributed by atoms with Gasteiger partial charge in [-0.3, -0.25) is 0 Å². The molecule has 2 aromatic carbocycles. The molecule has 2 fully saturated rings. The second-order valence-electron chi connectivity index (χ2n) is 9.81. The van der Waals surface area contributed by atoms with Gasteiger partial charge in [0.1, 0.15) is 0 Å². The van der Waals surface area contributed by atoms with Crippen LogP contribution in [0.4, 0.5) is 0 Å². The van der Waals surface area contributed by atoms with Gasteiger partial charge < -0.3 is 6.42 Å². The van der Waals surface area contributed by atoms with Gasteiger partial charge >= 0.3 is 157 Å². The van der Waals surface area contributed by atoms with Crippen molar-refractivity contribution in [3.05, 3.63) is 64.1 Å². The first kappa shape index (κ1) is 32.7. The summed E-state index contributed by atoms with van der Waals surface area (Å²) in [6.45, 7) is 13.1. The fourth-order valence-electron chi connectivity index (χ4n) is 5.11. The molecule has 0 aliphatic heterocycles. The zero-order valence-electron chi connectivity index (χ0n) is 21.7. The van der Waals surface area contributed by atoms with E-state index in [0.29, 0.717) is 5.82 Å². The van der Waals surface area contributed by atoms with Gasteiger partial charge in [-0.1, -0.05) is 38.5 Å². The second-order valence-corrected chi connectivity index (χ2v) is 18.2. The van der Waals surface area contributed by atoms with E-state index in [1.165, 1.54) is 91.9 Å².